The van der Waals surface area contributed by atoms with Crippen molar-refractivity contribution in [3.8, 4) is 11.5 Å². The molecule has 1 aliphatic heterocycles. The van der Waals surface area contributed by atoms with Gasteiger partial charge in [-0.2, -0.15) is 0 Å². The molecule has 26 heavy (non-hydrogen) atoms. The lowest BCUT2D eigenvalue weighted by molar-refractivity contribution is -0.133. The Hall–Kier alpha value is -3.01. The lowest BCUT2D eigenvalue weighted by atomic mass is 9.92. The molecule has 1 aliphatic rings. The number of esters is 1. The lowest BCUT2D eigenvalue weighted by Crippen LogP contribution is -2.04. The number of carbonyl (C=O) groups is 1. The molecule has 3 rings (SSSR count). The Labute approximate surface area is 153 Å². The topological polar surface area (TPSA) is 55.8 Å². The highest BCUT2D eigenvalue weighted by Crippen LogP contribution is 2.35. The Balaban J connectivity index is 1.95. The van der Waals surface area contributed by atoms with Crippen LogP contribution in [0.5, 0.6) is 11.5 Å². The molecular formula is C22H22O4. The van der Waals surface area contributed by atoms with E-state index in [1.54, 1.807) is 31.4 Å². The average molecular weight is 350 g/mol. The summed E-state index contributed by atoms with van der Waals surface area (Å²) in [6, 6.07) is 14.5. The van der Waals surface area contributed by atoms with E-state index in [4.69, 9.17) is 9.47 Å². The van der Waals surface area contributed by atoms with Crippen LogP contribution in [0.2, 0.25) is 0 Å². The van der Waals surface area contributed by atoms with Gasteiger partial charge in [-0.1, -0.05) is 38.1 Å². The van der Waals surface area contributed by atoms with Crippen LogP contribution in [0, 0.1) is 5.92 Å². The highest BCUT2D eigenvalue weighted by atomic mass is 16.5. The first kappa shape index (κ1) is 17.8. The number of rotatable bonds is 5. The van der Waals surface area contributed by atoms with Crippen molar-refractivity contribution in [3.05, 3.63) is 76.6 Å². The molecule has 134 valence electrons. The van der Waals surface area contributed by atoms with Crippen molar-refractivity contribution >= 4 is 12.0 Å². The predicted molar refractivity (Wildman–Crippen MR) is 101 cm³/mol. The van der Waals surface area contributed by atoms with Gasteiger partial charge < -0.3 is 14.6 Å². The summed E-state index contributed by atoms with van der Waals surface area (Å²) < 4.78 is 10.7. The molecule has 0 saturated carbocycles. The van der Waals surface area contributed by atoms with Gasteiger partial charge in [0.15, 0.2) is 0 Å². The third-order valence-corrected chi connectivity index (χ3v) is 4.35. The van der Waals surface area contributed by atoms with Gasteiger partial charge in [0.25, 0.3) is 0 Å². The van der Waals surface area contributed by atoms with Gasteiger partial charge in [0.05, 0.1) is 7.11 Å². The molecule has 0 unspecified atom stereocenters. The van der Waals surface area contributed by atoms with E-state index in [1.807, 2.05) is 30.3 Å². The minimum absolute atomic E-state index is 0.151. The van der Waals surface area contributed by atoms with E-state index >= 15 is 0 Å². The van der Waals surface area contributed by atoms with Gasteiger partial charge >= 0.3 is 5.97 Å². The number of allylic oxidation sites excluding steroid dienone is 1. The molecule has 4 nitrogen and oxygen atoms in total. The van der Waals surface area contributed by atoms with Gasteiger partial charge in [0.1, 0.15) is 17.3 Å². The van der Waals surface area contributed by atoms with E-state index in [9.17, 15) is 9.90 Å². The molecule has 0 spiro atoms. The second kappa shape index (κ2) is 7.48. The standard InChI is InChI=1S/C22H22O4/c1-14(2)21-19(12-15-6-10-18(25-3)11-7-15)22(24)26-20(21)13-16-4-8-17(23)9-5-16/h4-11,13-14,23H,12H2,1-3H3/b20-13-. The van der Waals surface area contributed by atoms with Crippen molar-refractivity contribution < 1.29 is 19.4 Å². The van der Waals surface area contributed by atoms with Crippen molar-refractivity contribution in [2.75, 3.05) is 7.11 Å². The number of hydrogen-bond donors (Lipinski definition) is 1. The third-order valence-electron chi connectivity index (χ3n) is 4.35. The molecule has 0 atom stereocenters. The van der Waals surface area contributed by atoms with Crippen LogP contribution < -0.4 is 4.74 Å². The Bertz CT molecular complexity index is 856. The van der Waals surface area contributed by atoms with Crippen LogP contribution in [0.25, 0.3) is 6.08 Å². The van der Waals surface area contributed by atoms with Crippen molar-refractivity contribution in [1.29, 1.82) is 0 Å². The third kappa shape index (κ3) is 3.80. The van der Waals surface area contributed by atoms with E-state index in [2.05, 4.69) is 13.8 Å². The van der Waals surface area contributed by atoms with Gasteiger partial charge in [-0.3, -0.25) is 0 Å². The van der Waals surface area contributed by atoms with E-state index in [1.165, 1.54) is 0 Å². The minimum atomic E-state index is -0.297. The minimum Gasteiger partial charge on any atom is -0.508 e. The second-order valence-corrected chi connectivity index (χ2v) is 6.56. The van der Waals surface area contributed by atoms with Crippen molar-refractivity contribution in [3.63, 3.8) is 0 Å². The number of benzene rings is 2. The maximum absolute atomic E-state index is 12.5. The highest BCUT2D eigenvalue weighted by molar-refractivity contribution is 5.96. The number of ether oxygens (including phenoxy) is 2. The normalized spacial score (nSPS) is 15.7. The summed E-state index contributed by atoms with van der Waals surface area (Å²) >= 11 is 0. The molecule has 0 amide bonds. The van der Waals surface area contributed by atoms with Crippen LogP contribution in [0.15, 0.2) is 65.4 Å². The van der Waals surface area contributed by atoms with Crippen molar-refractivity contribution in [1.82, 2.24) is 0 Å². The summed E-state index contributed by atoms with van der Waals surface area (Å²) in [6.07, 6.45) is 2.36. The highest BCUT2D eigenvalue weighted by Gasteiger charge is 2.31. The number of carbonyl (C=O) groups excluding carboxylic acids is 1. The largest absolute Gasteiger partial charge is 0.508 e. The zero-order chi connectivity index (χ0) is 18.7. The van der Waals surface area contributed by atoms with E-state index in [-0.39, 0.29) is 17.6 Å². The van der Waals surface area contributed by atoms with Gasteiger partial charge in [-0.25, -0.2) is 4.79 Å². The van der Waals surface area contributed by atoms with Crippen LogP contribution in [0.1, 0.15) is 25.0 Å². The fourth-order valence-electron chi connectivity index (χ4n) is 3.05. The monoisotopic (exact) mass is 350 g/mol. The average Bonchev–Trinajstić information content (AvgIpc) is 2.93. The molecular weight excluding hydrogens is 328 g/mol. The Morgan fingerprint density at radius 2 is 1.73 bits per heavy atom. The van der Waals surface area contributed by atoms with Gasteiger partial charge in [0, 0.05) is 17.6 Å². The second-order valence-electron chi connectivity index (χ2n) is 6.56. The summed E-state index contributed by atoms with van der Waals surface area (Å²) in [6.45, 7) is 4.10. The first-order valence-electron chi connectivity index (χ1n) is 8.57. The molecule has 2 aromatic rings. The Morgan fingerprint density at radius 1 is 1.08 bits per heavy atom. The first-order valence-corrected chi connectivity index (χ1v) is 8.57. The van der Waals surface area contributed by atoms with Crippen molar-refractivity contribution in [2.24, 2.45) is 5.92 Å². The molecule has 2 aromatic carbocycles. The fourth-order valence-corrected chi connectivity index (χ4v) is 3.05. The zero-order valence-electron chi connectivity index (χ0n) is 15.2. The fraction of sp³-hybridized carbons (Fsp3) is 0.227. The molecule has 4 heteroatoms. The quantitative estimate of drug-likeness (QED) is 0.807. The van der Waals surface area contributed by atoms with Gasteiger partial charge in [-0.05, 0) is 47.4 Å². The van der Waals surface area contributed by atoms with Crippen LogP contribution in [0.4, 0.5) is 0 Å². The first-order chi connectivity index (χ1) is 12.5. The van der Waals surface area contributed by atoms with Gasteiger partial charge in [0.2, 0.25) is 0 Å². The molecule has 0 aromatic heterocycles. The molecule has 0 bridgehead atoms. The molecule has 0 radical (unpaired) electrons. The molecule has 0 fully saturated rings. The number of cyclic esters (lactones) is 1. The zero-order valence-corrected chi connectivity index (χ0v) is 15.2. The number of phenolic OH excluding ortho intramolecular Hbond substituents is 1. The van der Waals surface area contributed by atoms with Crippen LogP contribution in [-0.2, 0) is 16.0 Å². The molecule has 0 saturated heterocycles. The van der Waals surface area contributed by atoms with Crippen LogP contribution >= 0.6 is 0 Å². The van der Waals surface area contributed by atoms with E-state index in [0.717, 1.165) is 22.4 Å². The smallest absolute Gasteiger partial charge is 0.340 e. The van der Waals surface area contributed by atoms with Crippen LogP contribution in [-0.4, -0.2) is 18.2 Å². The summed E-state index contributed by atoms with van der Waals surface area (Å²) in [5.41, 5.74) is 3.52. The summed E-state index contributed by atoms with van der Waals surface area (Å²) in [5, 5.41) is 9.42. The molecule has 1 N–H and O–H groups in total. The Morgan fingerprint density at radius 3 is 2.31 bits per heavy atom. The van der Waals surface area contributed by atoms with Crippen molar-refractivity contribution in [2.45, 2.75) is 20.3 Å². The summed E-state index contributed by atoms with van der Waals surface area (Å²) in [7, 11) is 1.63. The SMILES string of the molecule is COc1ccc(CC2=C(C(C)C)/C(=C/c3ccc(O)cc3)OC2=O)cc1. The summed E-state index contributed by atoms with van der Waals surface area (Å²) in [4.78, 5) is 12.5. The Kier molecular flexibility index (Phi) is 5.12. The lowest BCUT2D eigenvalue weighted by Gasteiger charge is -2.10. The van der Waals surface area contributed by atoms with Gasteiger partial charge in [-0.15, -0.1) is 0 Å². The predicted octanol–water partition coefficient (Wildman–Crippen LogP) is 4.49. The number of hydrogen-bond acceptors (Lipinski definition) is 4. The van der Waals surface area contributed by atoms with E-state index in [0.29, 0.717) is 17.8 Å². The molecule has 0 aliphatic carbocycles. The maximum atomic E-state index is 12.5. The molecule has 1 heterocycles. The van der Waals surface area contributed by atoms with Crippen LogP contribution in [0.3, 0.4) is 0 Å². The number of aromatic hydroxyl groups is 1. The number of phenols is 1. The van der Waals surface area contributed by atoms with E-state index < -0.39 is 0 Å². The number of methoxy groups -OCH3 is 1. The summed E-state index contributed by atoms with van der Waals surface area (Å²) in [5.74, 6) is 1.43. The maximum Gasteiger partial charge on any atom is 0.340 e.